The van der Waals surface area contributed by atoms with E-state index < -0.39 is 11.5 Å². The summed E-state index contributed by atoms with van der Waals surface area (Å²) in [4.78, 5) is 13.0. The van der Waals surface area contributed by atoms with Gasteiger partial charge in [0.25, 0.3) is 0 Å². The van der Waals surface area contributed by atoms with Crippen LogP contribution in [0.5, 0.6) is 0 Å². The van der Waals surface area contributed by atoms with Gasteiger partial charge in [0, 0.05) is 13.1 Å². The topological polar surface area (TPSA) is 76.4 Å². The monoisotopic (exact) mass is 239 g/mol. The van der Waals surface area contributed by atoms with Gasteiger partial charge in [-0.3, -0.25) is 10.1 Å². The van der Waals surface area contributed by atoms with Crippen molar-refractivity contribution in [2.75, 3.05) is 26.2 Å². The van der Waals surface area contributed by atoms with E-state index in [9.17, 15) is 4.79 Å². The Morgan fingerprint density at radius 3 is 2.53 bits per heavy atom. The van der Waals surface area contributed by atoms with Crippen LogP contribution < -0.4 is 5.32 Å². The molecule has 0 heterocycles. The number of nitrogens with one attached hydrogen (secondary N) is 1. The molecule has 96 valence electrons. The SMILES string of the molecule is CCN(CC)CCNC1(C#N)CC(C(=O)O)C1. The molecule has 5 heteroatoms. The van der Waals surface area contributed by atoms with Crippen LogP contribution in [0, 0.1) is 17.2 Å². The molecule has 1 aliphatic carbocycles. The summed E-state index contributed by atoms with van der Waals surface area (Å²) in [7, 11) is 0. The summed E-state index contributed by atoms with van der Waals surface area (Å²) in [5.41, 5.74) is -0.601. The van der Waals surface area contributed by atoms with Crippen molar-refractivity contribution in [3.8, 4) is 6.07 Å². The molecule has 1 saturated carbocycles. The first-order valence-corrected chi connectivity index (χ1v) is 6.18. The summed E-state index contributed by atoms with van der Waals surface area (Å²) < 4.78 is 0. The minimum absolute atomic E-state index is 0.351. The molecule has 1 rings (SSSR count). The standard InChI is InChI=1S/C12H21N3O2/c1-3-15(4-2)6-5-14-12(9-13)7-10(8-12)11(16)17/h10,14H,3-8H2,1-2H3,(H,16,17). The molecular formula is C12H21N3O2. The van der Waals surface area contributed by atoms with Crippen LogP contribution in [0.2, 0.25) is 0 Å². The van der Waals surface area contributed by atoms with Gasteiger partial charge in [-0.1, -0.05) is 13.8 Å². The average molecular weight is 239 g/mol. The van der Waals surface area contributed by atoms with E-state index in [1.165, 1.54) is 0 Å². The number of rotatable bonds is 7. The van der Waals surface area contributed by atoms with Crippen molar-refractivity contribution in [1.82, 2.24) is 10.2 Å². The van der Waals surface area contributed by atoms with E-state index >= 15 is 0 Å². The lowest BCUT2D eigenvalue weighted by Crippen LogP contribution is -2.57. The zero-order chi connectivity index (χ0) is 12.9. The van der Waals surface area contributed by atoms with Crippen molar-refractivity contribution in [2.45, 2.75) is 32.2 Å². The predicted molar refractivity (Wildman–Crippen MR) is 64.5 cm³/mol. The van der Waals surface area contributed by atoms with Gasteiger partial charge < -0.3 is 10.0 Å². The van der Waals surface area contributed by atoms with Crippen LogP contribution in [-0.2, 0) is 4.79 Å². The third kappa shape index (κ3) is 3.42. The minimum Gasteiger partial charge on any atom is -0.481 e. The van der Waals surface area contributed by atoms with Crippen LogP contribution >= 0.6 is 0 Å². The molecule has 0 bridgehead atoms. The van der Waals surface area contributed by atoms with Crippen molar-refractivity contribution in [3.05, 3.63) is 0 Å². The molecule has 0 spiro atoms. The Morgan fingerprint density at radius 1 is 1.53 bits per heavy atom. The van der Waals surface area contributed by atoms with Crippen molar-refractivity contribution >= 4 is 5.97 Å². The number of carboxylic acids is 1. The molecule has 2 N–H and O–H groups in total. The fourth-order valence-electron chi connectivity index (χ4n) is 2.22. The van der Waals surface area contributed by atoms with Crippen LogP contribution in [0.1, 0.15) is 26.7 Å². The lowest BCUT2D eigenvalue weighted by atomic mass is 9.69. The fraction of sp³-hybridized carbons (Fsp3) is 0.833. The van der Waals surface area contributed by atoms with Crippen LogP contribution in [0.25, 0.3) is 0 Å². The Balaban J connectivity index is 2.31. The third-order valence-corrected chi connectivity index (χ3v) is 3.54. The Kier molecular flexibility index (Phi) is 4.91. The summed E-state index contributed by atoms with van der Waals surface area (Å²) >= 11 is 0. The summed E-state index contributed by atoms with van der Waals surface area (Å²) in [6.45, 7) is 7.83. The number of carbonyl (C=O) groups is 1. The maximum absolute atomic E-state index is 10.7. The Morgan fingerprint density at radius 2 is 2.12 bits per heavy atom. The Labute approximate surface area is 102 Å². The zero-order valence-electron chi connectivity index (χ0n) is 10.6. The van der Waals surface area contributed by atoms with Gasteiger partial charge in [0.15, 0.2) is 0 Å². The maximum atomic E-state index is 10.7. The second kappa shape index (κ2) is 5.99. The first-order chi connectivity index (χ1) is 8.06. The van der Waals surface area contributed by atoms with E-state index in [2.05, 4.69) is 30.1 Å². The number of nitriles is 1. The molecule has 1 aliphatic rings. The average Bonchev–Trinajstić information content (AvgIpc) is 2.27. The summed E-state index contributed by atoms with van der Waals surface area (Å²) in [5.74, 6) is -1.14. The molecular weight excluding hydrogens is 218 g/mol. The number of likely N-dealkylation sites (N-methyl/N-ethyl adjacent to an activating group) is 1. The van der Waals surface area contributed by atoms with E-state index in [0.29, 0.717) is 12.8 Å². The molecule has 0 amide bonds. The quantitative estimate of drug-likeness (QED) is 0.683. The number of nitrogens with zero attached hydrogens (tertiary/aromatic N) is 2. The molecule has 0 aliphatic heterocycles. The van der Waals surface area contributed by atoms with Gasteiger partial charge in [-0.05, 0) is 25.9 Å². The van der Waals surface area contributed by atoms with E-state index in [1.54, 1.807) is 0 Å². The minimum atomic E-state index is -0.790. The van der Waals surface area contributed by atoms with Gasteiger partial charge in [0.1, 0.15) is 5.54 Å². The van der Waals surface area contributed by atoms with Gasteiger partial charge in [-0.2, -0.15) is 5.26 Å². The molecule has 0 atom stereocenters. The maximum Gasteiger partial charge on any atom is 0.306 e. The second-order valence-corrected chi connectivity index (χ2v) is 4.59. The van der Waals surface area contributed by atoms with Crippen LogP contribution in [0.3, 0.4) is 0 Å². The fourth-order valence-corrected chi connectivity index (χ4v) is 2.22. The summed E-state index contributed by atoms with van der Waals surface area (Å²) in [6.07, 6.45) is 0.855. The van der Waals surface area contributed by atoms with E-state index in [1.807, 2.05) is 0 Å². The first kappa shape index (κ1) is 13.9. The third-order valence-electron chi connectivity index (χ3n) is 3.54. The van der Waals surface area contributed by atoms with Gasteiger partial charge in [-0.15, -0.1) is 0 Å². The Bertz CT molecular complexity index is 301. The molecule has 5 nitrogen and oxygen atoms in total. The van der Waals surface area contributed by atoms with Crippen LogP contribution in [0.15, 0.2) is 0 Å². The Hall–Kier alpha value is -1.12. The van der Waals surface area contributed by atoms with E-state index in [0.717, 1.165) is 26.2 Å². The first-order valence-electron chi connectivity index (χ1n) is 6.18. The highest BCUT2D eigenvalue weighted by molar-refractivity contribution is 5.72. The summed E-state index contributed by atoms with van der Waals surface area (Å²) in [5, 5.41) is 21.1. The van der Waals surface area contributed by atoms with Crippen LogP contribution in [0.4, 0.5) is 0 Å². The molecule has 17 heavy (non-hydrogen) atoms. The highest BCUT2D eigenvalue weighted by Gasteiger charge is 2.47. The molecule has 0 radical (unpaired) electrons. The molecule has 1 fully saturated rings. The lowest BCUT2D eigenvalue weighted by Gasteiger charge is -2.41. The highest BCUT2D eigenvalue weighted by Crippen LogP contribution is 2.37. The lowest BCUT2D eigenvalue weighted by molar-refractivity contribution is -0.146. The zero-order valence-corrected chi connectivity index (χ0v) is 10.6. The molecule has 0 aromatic heterocycles. The highest BCUT2D eigenvalue weighted by atomic mass is 16.4. The molecule has 0 saturated heterocycles. The van der Waals surface area contributed by atoms with Crippen molar-refractivity contribution in [1.29, 1.82) is 5.26 Å². The van der Waals surface area contributed by atoms with Crippen LogP contribution in [-0.4, -0.2) is 47.7 Å². The van der Waals surface area contributed by atoms with Gasteiger partial charge in [-0.25, -0.2) is 0 Å². The van der Waals surface area contributed by atoms with E-state index in [-0.39, 0.29) is 5.92 Å². The van der Waals surface area contributed by atoms with Gasteiger partial charge >= 0.3 is 5.97 Å². The smallest absolute Gasteiger partial charge is 0.306 e. The van der Waals surface area contributed by atoms with Crippen molar-refractivity contribution < 1.29 is 9.90 Å². The predicted octanol–water partition coefficient (Wildman–Crippen LogP) is 0.675. The normalized spacial score (nSPS) is 27.5. The summed E-state index contributed by atoms with van der Waals surface area (Å²) in [6, 6.07) is 2.22. The number of hydrogen-bond acceptors (Lipinski definition) is 4. The number of aliphatic carboxylic acids is 1. The largest absolute Gasteiger partial charge is 0.481 e. The van der Waals surface area contributed by atoms with Gasteiger partial charge in [0.2, 0.25) is 0 Å². The molecule has 0 aromatic carbocycles. The van der Waals surface area contributed by atoms with Gasteiger partial charge in [0.05, 0.1) is 12.0 Å². The second-order valence-electron chi connectivity index (χ2n) is 4.59. The van der Waals surface area contributed by atoms with Crippen molar-refractivity contribution in [3.63, 3.8) is 0 Å². The van der Waals surface area contributed by atoms with E-state index in [4.69, 9.17) is 10.4 Å². The van der Waals surface area contributed by atoms with Crippen molar-refractivity contribution in [2.24, 2.45) is 5.92 Å². The number of carboxylic acid groups (broad SMARTS) is 1. The molecule has 0 aromatic rings. The molecule has 0 unspecified atom stereocenters. The number of hydrogen-bond donors (Lipinski definition) is 2.